The molecule has 0 saturated carbocycles. The van der Waals surface area contributed by atoms with Crippen LogP contribution in [-0.2, 0) is 24.3 Å². The number of amides is 2. The summed E-state index contributed by atoms with van der Waals surface area (Å²) >= 11 is 0. The third kappa shape index (κ3) is 5.94. The van der Waals surface area contributed by atoms with Crippen LogP contribution in [0.4, 0.5) is 33.7 Å². The molecule has 1 atom stereocenters. The number of halogens is 4. The Morgan fingerprint density at radius 3 is 2.35 bits per heavy atom. The standard InChI is InChI=1S/C25H27F4N3O7S/c1-23(2,25(27,28)29)39-22(34)31-16-6-9-20-19(10-16)32(40(35,36)18-7-4-15(26)5-8-18)12-17(38-20)11-30-21(33)24(3)13-37-14-24/h4-10,17H,11-14H2,1-3H3,(H,30,33)(H,31,34). The molecule has 0 aliphatic carbocycles. The predicted octanol–water partition coefficient (Wildman–Crippen LogP) is 3.82. The second kappa shape index (κ2) is 10.4. The van der Waals surface area contributed by atoms with Crippen molar-refractivity contribution >= 4 is 33.4 Å². The lowest BCUT2D eigenvalue weighted by atomic mass is 9.87. The SMILES string of the molecule is CC1(C(=O)NCC2CN(S(=O)(=O)c3ccc(F)cc3)c3cc(NC(=O)OC(C)(C)C(F)(F)F)ccc3O2)COC1. The third-order valence-corrected chi connectivity index (χ3v) is 8.24. The first-order valence-corrected chi connectivity index (χ1v) is 13.5. The molecule has 40 heavy (non-hydrogen) atoms. The van der Waals surface area contributed by atoms with Gasteiger partial charge in [-0.05, 0) is 63.2 Å². The van der Waals surface area contributed by atoms with Crippen LogP contribution in [0, 0.1) is 11.2 Å². The molecule has 0 radical (unpaired) electrons. The molecule has 2 amide bonds. The van der Waals surface area contributed by atoms with Crippen LogP contribution in [0.5, 0.6) is 5.75 Å². The number of nitrogens with one attached hydrogen (secondary N) is 2. The Labute approximate surface area is 227 Å². The molecule has 1 unspecified atom stereocenters. The highest BCUT2D eigenvalue weighted by Crippen LogP contribution is 2.39. The zero-order valence-corrected chi connectivity index (χ0v) is 22.5. The molecular formula is C25H27F4N3O7S. The molecule has 2 N–H and O–H groups in total. The van der Waals surface area contributed by atoms with E-state index in [0.717, 1.165) is 28.6 Å². The number of fused-ring (bicyclic) bond motifs is 1. The van der Waals surface area contributed by atoms with Crippen LogP contribution in [0.1, 0.15) is 20.8 Å². The Morgan fingerprint density at radius 2 is 1.77 bits per heavy atom. The third-order valence-electron chi connectivity index (χ3n) is 6.45. The summed E-state index contributed by atoms with van der Waals surface area (Å²) in [7, 11) is -4.32. The highest BCUT2D eigenvalue weighted by molar-refractivity contribution is 7.92. The maximum absolute atomic E-state index is 13.6. The number of carbonyl (C=O) groups excluding carboxylic acids is 2. The first kappa shape index (κ1) is 29.4. The summed E-state index contributed by atoms with van der Waals surface area (Å²) in [6.45, 7) is 3.25. The number of rotatable bonds is 7. The van der Waals surface area contributed by atoms with E-state index in [0.29, 0.717) is 13.8 Å². The summed E-state index contributed by atoms with van der Waals surface area (Å²) in [6, 6.07) is 7.91. The molecule has 4 rings (SSSR count). The number of anilines is 2. The van der Waals surface area contributed by atoms with E-state index in [1.165, 1.54) is 18.2 Å². The molecule has 2 aliphatic heterocycles. The number of ether oxygens (including phenoxy) is 3. The van der Waals surface area contributed by atoms with Crippen molar-refractivity contribution in [2.75, 3.05) is 35.9 Å². The van der Waals surface area contributed by atoms with Gasteiger partial charge in [-0.3, -0.25) is 14.4 Å². The van der Waals surface area contributed by atoms with Crippen LogP contribution in [0.2, 0.25) is 0 Å². The number of sulfonamides is 1. The molecule has 1 fully saturated rings. The zero-order chi connectivity index (χ0) is 29.5. The fourth-order valence-corrected chi connectivity index (χ4v) is 5.35. The van der Waals surface area contributed by atoms with E-state index in [9.17, 15) is 35.6 Å². The van der Waals surface area contributed by atoms with Gasteiger partial charge in [0.15, 0.2) is 0 Å². The molecule has 2 aromatic rings. The normalized spacial score (nSPS) is 18.6. The number of hydrogen-bond donors (Lipinski definition) is 2. The topological polar surface area (TPSA) is 123 Å². The minimum absolute atomic E-state index is 0.0425. The van der Waals surface area contributed by atoms with Gasteiger partial charge in [-0.2, -0.15) is 13.2 Å². The Bertz CT molecular complexity index is 1390. The van der Waals surface area contributed by atoms with Gasteiger partial charge in [-0.15, -0.1) is 0 Å². The van der Waals surface area contributed by atoms with E-state index in [4.69, 9.17) is 9.47 Å². The van der Waals surface area contributed by atoms with E-state index in [2.05, 4.69) is 15.4 Å². The van der Waals surface area contributed by atoms with Crippen LogP contribution in [0.25, 0.3) is 0 Å². The van der Waals surface area contributed by atoms with Gasteiger partial charge < -0.3 is 19.5 Å². The van der Waals surface area contributed by atoms with Gasteiger partial charge in [0.2, 0.25) is 11.5 Å². The van der Waals surface area contributed by atoms with Crippen LogP contribution < -0.4 is 19.7 Å². The molecule has 10 nitrogen and oxygen atoms in total. The van der Waals surface area contributed by atoms with Gasteiger partial charge in [0, 0.05) is 5.69 Å². The van der Waals surface area contributed by atoms with E-state index in [1.54, 1.807) is 6.92 Å². The van der Waals surface area contributed by atoms with Crippen molar-refractivity contribution in [1.82, 2.24) is 5.32 Å². The quantitative estimate of drug-likeness (QED) is 0.471. The second-order valence-electron chi connectivity index (χ2n) is 10.2. The van der Waals surface area contributed by atoms with Crippen LogP contribution in [-0.4, -0.2) is 64.6 Å². The van der Waals surface area contributed by atoms with Crippen LogP contribution in [0.15, 0.2) is 47.4 Å². The molecule has 2 aliphatic rings. The van der Waals surface area contributed by atoms with Crippen molar-refractivity contribution in [1.29, 1.82) is 0 Å². The number of hydrogen-bond acceptors (Lipinski definition) is 7. The lowest BCUT2D eigenvalue weighted by Crippen LogP contribution is -2.55. The second-order valence-corrected chi connectivity index (χ2v) is 12.1. The van der Waals surface area contributed by atoms with Crippen molar-refractivity contribution in [2.24, 2.45) is 5.41 Å². The predicted molar refractivity (Wildman–Crippen MR) is 134 cm³/mol. The van der Waals surface area contributed by atoms with Crippen LogP contribution >= 0.6 is 0 Å². The first-order valence-electron chi connectivity index (χ1n) is 12.0. The Kier molecular flexibility index (Phi) is 7.66. The fraction of sp³-hybridized carbons (Fsp3) is 0.440. The van der Waals surface area contributed by atoms with Crippen LogP contribution in [0.3, 0.4) is 0 Å². The van der Waals surface area contributed by atoms with Gasteiger partial charge in [-0.1, -0.05) is 0 Å². The van der Waals surface area contributed by atoms with Gasteiger partial charge in [-0.25, -0.2) is 17.6 Å². The summed E-state index contributed by atoms with van der Waals surface area (Å²) in [5.41, 5.74) is -3.61. The first-order chi connectivity index (χ1) is 18.5. The molecule has 0 aromatic heterocycles. The zero-order valence-electron chi connectivity index (χ0n) is 21.7. The summed E-state index contributed by atoms with van der Waals surface area (Å²) in [5.74, 6) is -0.882. The molecule has 0 spiro atoms. The van der Waals surface area contributed by atoms with Crippen molar-refractivity contribution < 1.29 is 49.8 Å². The smallest absolute Gasteiger partial charge is 0.427 e. The fourth-order valence-electron chi connectivity index (χ4n) is 3.85. The van der Waals surface area contributed by atoms with E-state index < -0.39 is 45.2 Å². The maximum Gasteiger partial charge on any atom is 0.427 e. The van der Waals surface area contributed by atoms with Gasteiger partial charge in [0.1, 0.15) is 17.7 Å². The van der Waals surface area contributed by atoms with Crippen molar-refractivity contribution in [3.05, 3.63) is 48.3 Å². The summed E-state index contributed by atoms with van der Waals surface area (Å²) < 4.78 is 96.5. The lowest BCUT2D eigenvalue weighted by Gasteiger charge is -2.38. The molecule has 15 heteroatoms. The van der Waals surface area contributed by atoms with Gasteiger partial charge in [0.05, 0.1) is 42.3 Å². The number of nitrogens with zero attached hydrogens (tertiary/aromatic N) is 1. The Hall–Kier alpha value is -3.59. The average molecular weight is 590 g/mol. The molecule has 218 valence electrons. The summed E-state index contributed by atoms with van der Waals surface area (Å²) in [5, 5.41) is 4.90. The molecule has 1 saturated heterocycles. The molecule has 0 bridgehead atoms. The number of benzene rings is 2. The number of carbonyl (C=O) groups is 2. The minimum Gasteiger partial charge on any atom is -0.484 e. The summed E-state index contributed by atoms with van der Waals surface area (Å²) in [6.07, 6.45) is -7.09. The van der Waals surface area contributed by atoms with E-state index >= 15 is 0 Å². The maximum atomic E-state index is 13.6. The van der Waals surface area contributed by atoms with Crippen molar-refractivity contribution in [3.63, 3.8) is 0 Å². The van der Waals surface area contributed by atoms with Gasteiger partial charge in [0.25, 0.3) is 10.0 Å². The number of alkyl halides is 3. The largest absolute Gasteiger partial charge is 0.484 e. The Morgan fingerprint density at radius 1 is 1.12 bits per heavy atom. The van der Waals surface area contributed by atoms with Gasteiger partial charge >= 0.3 is 12.3 Å². The van der Waals surface area contributed by atoms with Crippen molar-refractivity contribution in [2.45, 2.75) is 43.5 Å². The van der Waals surface area contributed by atoms with E-state index in [1.807, 2.05) is 0 Å². The molecule has 2 aromatic carbocycles. The molecular weight excluding hydrogens is 562 g/mol. The highest BCUT2D eigenvalue weighted by atomic mass is 32.2. The van der Waals surface area contributed by atoms with Crippen molar-refractivity contribution in [3.8, 4) is 5.75 Å². The average Bonchev–Trinajstić information content (AvgIpc) is 2.84. The lowest BCUT2D eigenvalue weighted by molar-refractivity contribution is -0.242. The Balaban J connectivity index is 1.61. The highest BCUT2D eigenvalue weighted by Gasteiger charge is 2.51. The summed E-state index contributed by atoms with van der Waals surface area (Å²) in [4.78, 5) is 24.5. The minimum atomic E-state index is -4.83. The monoisotopic (exact) mass is 589 g/mol. The molecule has 2 heterocycles. The van der Waals surface area contributed by atoms with E-state index in [-0.39, 0.29) is 54.2 Å².